The Bertz CT molecular complexity index is 360. The molecule has 0 spiro atoms. The maximum atomic E-state index is 11.7. The van der Waals surface area contributed by atoms with Crippen molar-refractivity contribution >= 4 is 11.9 Å². The zero-order chi connectivity index (χ0) is 12.9. The molecule has 1 N–H and O–H groups in total. The highest BCUT2D eigenvalue weighted by molar-refractivity contribution is 5.80. The summed E-state index contributed by atoms with van der Waals surface area (Å²) in [4.78, 5) is 22.7. The number of aliphatic carboxylic acids is 1. The Hall–Kier alpha value is -1.58. The number of hydrogen-bond acceptors (Lipinski definition) is 3. The SMILES string of the molecule is CCCCC(=O)NC1(C)C=CC=CC1C(=O)[O-]. The van der Waals surface area contributed by atoms with Crippen molar-refractivity contribution in [2.24, 2.45) is 5.92 Å². The van der Waals surface area contributed by atoms with Crippen LogP contribution in [0.4, 0.5) is 0 Å². The number of carboxylic acids is 1. The zero-order valence-corrected chi connectivity index (χ0v) is 10.2. The highest BCUT2D eigenvalue weighted by Crippen LogP contribution is 2.24. The summed E-state index contributed by atoms with van der Waals surface area (Å²) in [5, 5.41) is 13.8. The lowest BCUT2D eigenvalue weighted by Gasteiger charge is -2.36. The van der Waals surface area contributed by atoms with Gasteiger partial charge < -0.3 is 15.2 Å². The molecule has 0 aromatic heterocycles. The monoisotopic (exact) mass is 236 g/mol. The number of carbonyl (C=O) groups excluding carboxylic acids is 2. The van der Waals surface area contributed by atoms with Gasteiger partial charge in [0, 0.05) is 12.3 Å². The number of carboxylic acid groups (broad SMARTS) is 1. The van der Waals surface area contributed by atoms with Gasteiger partial charge in [-0.2, -0.15) is 0 Å². The van der Waals surface area contributed by atoms with E-state index in [2.05, 4.69) is 5.32 Å². The van der Waals surface area contributed by atoms with Crippen LogP contribution in [0.3, 0.4) is 0 Å². The molecule has 4 nitrogen and oxygen atoms in total. The van der Waals surface area contributed by atoms with E-state index in [-0.39, 0.29) is 5.91 Å². The van der Waals surface area contributed by atoms with Gasteiger partial charge in [0.25, 0.3) is 0 Å². The molecule has 17 heavy (non-hydrogen) atoms. The lowest BCUT2D eigenvalue weighted by Crippen LogP contribution is -2.55. The summed E-state index contributed by atoms with van der Waals surface area (Å²) in [6, 6.07) is 0. The average Bonchev–Trinajstić information content (AvgIpc) is 2.26. The van der Waals surface area contributed by atoms with Crippen LogP contribution in [-0.2, 0) is 9.59 Å². The first-order valence-electron chi connectivity index (χ1n) is 5.87. The summed E-state index contributed by atoms with van der Waals surface area (Å²) in [6.45, 7) is 3.69. The number of amides is 1. The molecule has 0 aromatic rings. The van der Waals surface area contributed by atoms with Crippen LogP contribution in [0.1, 0.15) is 33.1 Å². The predicted octanol–water partition coefficient (Wildman–Crippen LogP) is 0.544. The van der Waals surface area contributed by atoms with Crippen molar-refractivity contribution in [3.8, 4) is 0 Å². The molecule has 0 saturated heterocycles. The summed E-state index contributed by atoms with van der Waals surface area (Å²) in [5.41, 5.74) is -0.890. The van der Waals surface area contributed by atoms with Crippen LogP contribution in [0.25, 0.3) is 0 Å². The number of allylic oxidation sites excluding steroid dienone is 2. The molecule has 2 atom stereocenters. The molecule has 1 aliphatic rings. The molecule has 1 rings (SSSR count). The molecular weight excluding hydrogens is 218 g/mol. The van der Waals surface area contributed by atoms with Gasteiger partial charge in [-0.1, -0.05) is 37.6 Å². The normalized spacial score (nSPS) is 26.8. The highest BCUT2D eigenvalue weighted by atomic mass is 16.4. The van der Waals surface area contributed by atoms with Gasteiger partial charge >= 0.3 is 0 Å². The topological polar surface area (TPSA) is 69.2 Å². The molecule has 4 heteroatoms. The first kappa shape index (κ1) is 13.5. The fourth-order valence-corrected chi connectivity index (χ4v) is 1.88. The first-order valence-corrected chi connectivity index (χ1v) is 5.87. The largest absolute Gasteiger partial charge is 0.549 e. The minimum atomic E-state index is -1.18. The Balaban J connectivity index is 2.71. The van der Waals surface area contributed by atoms with Crippen LogP contribution >= 0.6 is 0 Å². The number of hydrogen-bond donors (Lipinski definition) is 1. The molecule has 0 fully saturated rings. The Morgan fingerprint density at radius 3 is 2.71 bits per heavy atom. The molecular formula is C13H18NO3-. The molecule has 1 aliphatic carbocycles. The molecule has 0 bridgehead atoms. The highest BCUT2D eigenvalue weighted by Gasteiger charge is 2.33. The second-order valence-corrected chi connectivity index (χ2v) is 4.48. The van der Waals surface area contributed by atoms with Crippen LogP contribution in [0.2, 0.25) is 0 Å². The maximum absolute atomic E-state index is 11.7. The predicted molar refractivity (Wildman–Crippen MR) is 62.8 cm³/mol. The Labute approximate surface area is 101 Å². The average molecular weight is 236 g/mol. The van der Waals surface area contributed by atoms with E-state index in [0.717, 1.165) is 12.8 Å². The van der Waals surface area contributed by atoms with Crippen LogP contribution in [0, 0.1) is 5.92 Å². The Kier molecular flexibility index (Phi) is 4.49. The fourth-order valence-electron chi connectivity index (χ4n) is 1.88. The van der Waals surface area contributed by atoms with E-state index in [0.29, 0.717) is 6.42 Å². The van der Waals surface area contributed by atoms with Gasteiger partial charge in [0.15, 0.2) is 0 Å². The standard InChI is InChI=1S/C13H19NO3/c1-3-4-8-11(15)14-13(2)9-6-5-7-10(13)12(16)17/h5-7,9-10H,3-4,8H2,1-2H3,(H,14,15)(H,16,17)/p-1. The third-order valence-corrected chi connectivity index (χ3v) is 2.92. The molecule has 94 valence electrons. The summed E-state index contributed by atoms with van der Waals surface area (Å²) >= 11 is 0. The van der Waals surface area contributed by atoms with Crippen LogP contribution in [0.15, 0.2) is 24.3 Å². The number of nitrogens with one attached hydrogen (secondary N) is 1. The third-order valence-electron chi connectivity index (χ3n) is 2.92. The number of unbranched alkanes of at least 4 members (excludes halogenated alkanes) is 1. The van der Waals surface area contributed by atoms with E-state index in [1.54, 1.807) is 25.2 Å². The summed E-state index contributed by atoms with van der Waals surface area (Å²) in [5.74, 6) is -2.12. The third kappa shape index (κ3) is 3.44. The minimum absolute atomic E-state index is 0.124. The summed E-state index contributed by atoms with van der Waals surface area (Å²) in [6.07, 6.45) is 8.78. The fraction of sp³-hybridized carbons (Fsp3) is 0.538. The lowest BCUT2D eigenvalue weighted by molar-refractivity contribution is -0.311. The van der Waals surface area contributed by atoms with Gasteiger partial charge in [-0.3, -0.25) is 4.79 Å². The molecule has 1 amide bonds. The number of rotatable bonds is 5. The van der Waals surface area contributed by atoms with Gasteiger partial charge in [-0.05, 0) is 13.3 Å². The van der Waals surface area contributed by atoms with Gasteiger partial charge in [0.1, 0.15) is 0 Å². The quantitative estimate of drug-likeness (QED) is 0.757. The van der Waals surface area contributed by atoms with E-state index in [9.17, 15) is 14.7 Å². The number of carbonyl (C=O) groups is 2. The molecule has 0 aromatic carbocycles. The lowest BCUT2D eigenvalue weighted by atomic mass is 9.82. The van der Waals surface area contributed by atoms with Crippen molar-refractivity contribution in [3.63, 3.8) is 0 Å². The van der Waals surface area contributed by atoms with E-state index in [1.165, 1.54) is 6.08 Å². The van der Waals surface area contributed by atoms with Crippen molar-refractivity contribution in [1.82, 2.24) is 5.32 Å². The van der Waals surface area contributed by atoms with Crippen LogP contribution in [0.5, 0.6) is 0 Å². The first-order chi connectivity index (χ1) is 7.99. The summed E-state index contributed by atoms with van der Waals surface area (Å²) in [7, 11) is 0. The van der Waals surface area contributed by atoms with Gasteiger partial charge in [0.05, 0.1) is 11.5 Å². The zero-order valence-electron chi connectivity index (χ0n) is 10.2. The van der Waals surface area contributed by atoms with Crippen molar-refractivity contribution in [1.29, 1.82) is 0 Å². The van der Waals surface area contributed by atoms with Crippen molar-refractivity contribution in [3.05, 3.63) is 24.3 Å². The van der Waals surface area contributed by atoms with Gasteiger partial charge in [-0.15, -0.1) is 0 Å². The molecule has 0 radical (unpaired) electrons. The van der Waals surface area contributed by atoms with Crippen LogP contribution in [-0.4, -0.2) is 17.4 Å². The van der Waals surface area contributed by atoms with Crippen molar-refractivity contribution in [2.45, 2.75) is 38.6 Å². The van der Waals surface area contributed by atoms with Crippen LogP contribution < -0.4 is 10.4 Å². The molecule has 0 saturated carbocycles. The second kappa shape index (κ2) is 5.66. The molecule has 0 aliphatic heterocycles. The smallest absolute Gasteiger partial charge is 0.220 e. The Morgan fingerprint density at radius 1 is 1.41 bits per heavy atom. The molecule has 2 unspecified atom stereocenters. The Morgan fingerprint density at radius 2 is 2.12 bits per heavy atom. The van der Waals surface area contributed by atoms with Gasteiger partial charge in [-0.25, -0.2) is 0 Å². The van der Waals surface area contributed by atoms with Crippen molar-refractivity contribution in [2.75, 3.05) is 0 Å². The maximum Gasteiger partial charge on any atom is 0.220 e. The van der Waals surface area contributed by atoms with Crippen molar-refractivity contribution < 1.29 is 14.7 Å². The molecule has 0 heterocycles. The summed E-state index contributed by atoms with van der Waals surface area (Å²) < 4.78 is 0. The second-order valence-electron chi connectivity index (χ2n) is 4.48. The van der Waals surface area contributed by atoms with Gasteiger partial charge in [0.2, 0.25) is 5.91 Å². The van der Waals surface area contributed by atoms with E-state index in [1.807, 2.05) is 6.92 Å². The van der Waals surface area contributed by atoms with E-state index >= 15 is 0 Å². The van der Waals surface area contributed by atoms with E-state index in [4.69, 9.17) is 0 Å². The van der Waals surface area contributed by atoms with E-state index < -0.39 is 17.4 Å². The minimum Gasteiger partial charge on any atom is -0.549 e.